The van der Waals surface area contributed by atoms with E-state index >= 15 is 0 Å². The van der Waals surface area contributed by atoms with Crippen LogP contribution in [0.4, 0.5) is 0 Å². The lowest BCUT2D eigenvalue weighted by molar-refractivity contribution is -0.134. The van der Waals surface area contributed by atoms with Gasteiger partial charge in [0.15, 0.2) is 0 Å². The number of esters is 1. The highest BCUT2D eigenvalue weighted by Crippen LogP contribution is 2.06. The Balaban J connectivity index is 0.00000196. The minimum Gasteiger partial charge on any atom is -0.466 e. The molecule has 0 saturated heterocycles. The Kier molecular flexibility index (Phi) is 6.42. The topological polar surface area (TPSA) is 52.3 Å². The van der Waals surface area contributed by atoms with E-state index in [1.807, 2.05) is 24.3 Å². The number of carbonyl (C=O) groups excluding carboxylic acids is 1. The van der Waals surface area contributed by atoms with Gasteiger partial charge in [-0.3, -0.25) is 0 Å². The predicted octanol–water partition coefficient (Wildman–Crippen LogP) is 1.75. The second-order valence-corrected chi connectivity index (χ2v) is 2.81. The van der Waals surface area contributed by atoms with Crippen LogP contribution in [0.1, 0.15) is 11.1 Å². The third kappa shape index (κ3) is 4.63. The Morgan fingerprint density at radius 3 is 2.87 bits per heavy atom. The molecule has 0 unspecified atom stereocenters. The average Bonchev–Trinajstić information content (AvgIpc) is 2.26. The first-order chi connectivity index (χ1) is 6.76. The first-order valence-electron chi connectivity index (χ1n) is 4.31. The van der Waals surface area contributed by atoms with E-state index in [4.69, 9.17) is 5.73 Å². The van der Waals surface area contributed by atoms with E-state index in [0.29, 0.717) is 6.54 Å². The van der Waals surface area contributed by atoms with Gasteiger partial charge in [0, 0.05) is 12.6 Å². The number of nitrogens with two attached hydrogens (primary N) is 1. The molecule has 0 fully saturated rings. The maximum atomic E-state index is 10.8. The van der Waals surface area contributed by atoms with Crippen LogP contribution in [0.2, 0.25) is 0 Å². The average molecular weight is 228 g/mol. The highest BCUT2D eigenvalue weighted by molar-refractivity contribution is 5.86. The lowest BCUT2D eigenvalue weighted by atomic mass is 10.1. The van der Waals surface area contributed by atoms with Crippen LogP contribution in [-0.2, 0) is 16.1 Å². The molecule has 1 aromatic carbocycles. The number of methoxy groups -OCH3 is 1. The van der Waals surface area contributed by atoms with E-state index in [0.717, 1.165) is 11.1 Å². The monoisotopic (exact) mass is 227 g/mol. The molecule has 1 rings (SSSR count). The van der Waals surface area contributed by atoms with E-state index in [9.17, 15) is 4.79 Å². The van der Waals surface area contributed by atoms with Gasteiger partial charge in [-0.25, -0.2) is 4.79 Å². The molecule has 0 bridgehead atoms. The lowest BCUT2D eigenvalue weighted by Gasteiger charge is -1.97. The fourth-order valence-corrected chi connectivity index (χ4v) is 1.06. The number of halogens is 1. The van der Waals surface area contributed by atoms with Crippen molar-refractivity contribution in [3.8, 4) is 0 Å². The van der Waals surface area contributed by atoms with Gasteiger partial charge in [0.05, 0.1) is 7.11 Å². The number of ether oxygens (including phenoxy) is 1. The molecular weight excluding hydrogens is 214 g/mol. The smallest absolute Gasteiger partial charge is 0.330 e. The van der Waals surface area contributed by atoms with Crippen LogP contribution >= 0.6 is 12.4 Å². The Hall–Kier alpha value is -1.32. The number of rotatable bonds is 3. The normalized spacial score (nSPS) is 9.73. The van der Waals surface area contributed by atoms with Crippen molar-refractivity contribution >= 4 is 24.5 Å². The van der Waals surface area contributed by atoms with E-state index in [2.05, 4.69) is 4.74 Å². The maximum Gasteiger partial charge on any atom is 0.330 e. The third-order valence-electron chi connectivity index (χ3n) is 1.80. The molecule has 82 valence electrons. The summed E-state index contributed by atoms with van der Waals surface area (Å²) in [5, 5.41) is 0. The molecule has 0 heterocycles. The van der Waals surface area contributed by atoms with Gasteiger partial charge in [0.2, 0.25) is 0 Å². The van der Waals surface area contributed by atoms with Crippen LogP contribution in [0.25, 0.3) is 6.08 Å². The first-order valence-corrected chi connectivity index (χ1v) is 4.31. The molecule has 0 aliphatic heterocycles. The van der Waals surface area contributed by atoms with Gasteiger partial charge in [-0.1, -0.05) is 24.3 Å². The van der Waals surface area contributed by atoms with Crippen molar-refractivity contribution in [2.45, 2.75) is 6.54 Å². The van der Waals surface area contributed by atoms with Gasteiger partial charge in [-0.2, -0.15) is 0 Å². The van der Waals surface area contributed by atoms with Gasteiger partial charge >= 0.3 is 5.97 Å². The fraction of sp³-hybridized carbons (Fsp3) is 0.182. The number of benzene rings is 1. The molecule has 4 heteroatoms. The second-order valence-electron chi connectivity index (χ2n) is 2.81. The van der Waals surface area contributed by atoms with Crippen LogP contribution in [-0.4, -0.2) is 13.1 Å². The molecule has 0 aromatic heterocycles. The summed E-state index contributed by atoms with van der Waals surface area (Å²) in [6, 6.07) is 7.67. The molecule has 0 saturated carbocycles. The predicted molar refractivity (Wildman–Crippen MR) is 62.6 cm³/mol. The number of carbonyl (C=O) groups is 1. The van der Waals surface area contributed by atoms with E-state index in [-0.39, 0.29) is 18.4 Å². The van der Waals surface area contributed by atoms with Gasteiger partial charge in [-0.15, -0.1) is 12.4 Å². The van der Waals surface area contributed by atoms with Gasteiger partial charge in [0.1, 0.15) is 0 Å². The highest BCUT2D eigenvalue weighted by atomic mass is 35.5. The number of hydrogen-bond donors (Lipinski definition) is 1. The van der Waals surface area contributed by atoms with Crippen molar-refractivity contribution in [3.05, 3.63) is 41.5 Å². The summed E-state index contributed by atoms with van der Waals surface area (Å²) in [5.41, 5.74) is 7.47. The minimum atomic E-state index is -0.358. The first kappa shape index (κ1) is 13.7. The van der Waals surface area contributed by atoms with Crippen molar-refractivity contribution in [2.24, 2.45) is 5.73 Å². The summed E-state index contributed by atoms with van der Waals surface area (Å²) in [6.07, 6.45) is 3.08. The molecule has 2 N–H and O–H groups in total. The summed E-state index contributed by atoms with van der Waals surface area (Å²) in [4.78, 5) is 10.8. The Labute approximate surface area is 95.3 Å². The Morgan fingerprint density at radius 2 is 2.27 bits per heavy atom. The summed E-state index contributed by atoms with van der Waals surface area (Å²) in [7, 11) is 1.35. The molecule has 3 nitrogen and oxygen atoms in total. The van der Waals surface area contributed by atoms with Crippen LogP contribution in [0.5, 0.6) is 0 Å². The fourth-order valence-electron chi connectivity index (χ4n) is 1.06. The van der Waals surface area contributed by atoms with Crippen molar-refractivity contribution < 1.29 is 9.53 Å². The molecule has 0 aliphatic carbocycles. The van der Waals surface area contributed by atoms with Crippen LogP contribution in [0.3, 0.4) is 0 Å². The largest absolute Gasteiger partial charge is 0.466 e. The molecule has 0 spiro atoms. The summed E-state index contributed by atoms with van der Waals surface area (Å²) in [6.45, 7) is 0.500. The molecular formula is C11H14ClNO2. The van der Waals surface area contributed by atoms with Crippen LogP contribution < -0.4 is 5.73 Å². The quantitative estimate of drug-likeness (QED) is 0.632. The van der Waals surface area contributed by atoms with Crippen LogP contribution in [0.15, 0.2) is 30.3 Å². The van der Waals surface area contributed by atoms with Gasteiger partial charge in [0.25, 0.3) is 0 Å². The molecule has 1 aromatic rings. The second kappa shape index (κ2) is 7.04. The van der Waals surface area contributed by atoms with Crippen molar-refractivity contribution in [1.82, 2.24) is 0 Å². The van der Waals surface area contributed by atoms with Gasteiger partial charge < -0.3 is 10.5 Å². The van der Waals surface area contributed by atoms with Crippen molar-refractivity contribution in [1.29, 1.82) is 0 Å². The standard InChI is InChI=1S/C11H13NO2.ClH/c1-14-11(13)6-5-9-3-2-4-10(7-9)8-12;/h2-7H,8,12H2,1H3;1H/b6-5+;. The van der Waals surface area contributed by atoms with E-state index in [1.54, 1.807) is 6.08 Å². The Morgan fingerprint density at radius 1 is 1.53 bits per heavy atom. The van der Waals surface area contributed by atoms with E-state index in [1.165, 1.54) is 13.2 Å². The number of hydrogen-bond acceptors (Lipinski definition) is 3. The zero-order valence-electron chi connectivity index (χ0n) is 8.47. The molecule has 0 aliphatic rings. The maximum absolute atomic E-state index is 10.8. The summed E-state index contributed by atoms with van der Waals surface area (Å²) < 4.78 is 4.48. The minimum absolute atomic E-state index is 0. The SMILES string of the molecule is COC(=O)/C=C/c1cccc(CN)c1.Cl. The van der Waals surface area contributed by atoms with E-state index < -0.39 is 0 Å². The van der Waals surface area contributed by atoms with Crippen molar-refractivity contribution in [3.63, 3.8) is 0 Å². The zero-order chi connectivity index (χ0) is 10.4. The highest BCUT2D eigenvalue weighted by Gasteiger charge is 1.93. The summed E-state index contributed by atoms with van der Waals surface area (Å²) in [5.74, 6) is -0.358. The molecule has 0 amide bonds. The molecule has 0 atom stereocenters. The third-order valence-corrected chi connectivity index (χ3v) is 1.80. The Bertz CT molecular complexity index is 350. The molecule has 0 radical (unpaired) electrons. The molecule has 15 heavy (non-hydrogen) atoms. The van der Waals surface area contributed by atoms with Crippen molar-refractivity contribution in [2.75, 3.05) is 7.11 Å². The van der Waals surface area contributed by atoms with Crippen LogP contribution in [0, 0.1) is 0 Å². The lowest BCUT2D eigenvalue weighted by Crippen LogP contribution is -1.96. The van der Waals surface area contributed by atoms with Gasteiger partial charge in [-0.05, 0) is 17.2 Å². The zero-order valence-corrected chi connectivity index (χ0v) is 9.29. The summed E-state index contributed by atoms with van der Waals surface area (Å²) >= 11 is 0.